The van der Waals surface area contributed by atoms with Gasteiger partial charge in [-0.05, 0) is 36.4 Å². The summed E-state index contributed by atoms with van der Waals surface area (Å²) in [7, 11) is 0. The first-order valence-corrected chi connectivity index (χ1v) is 8.75. The number of carbonyl (C=O) groups excluding carboxylic acids is 1. The van der Waals surface area contributed by atoms with Crippen LogP contribution in [-0.2, 0) is 6.54 Å². The zero-order valence-corrected chi connectivity index (χ0v) is 15.1. The summed E-state index contributed by atoms with van der Waals surface area (Å²) < 4.78 is 6.67. The van der Waals surface area contributed by atoms with Crippen molar-refractivity contribution in [3.8, 4) is 6.07 Å². The lowest BCUT2D eigenvalue weighted by Crippen LogP contribution is -2.30. The number of nitrogens with one attached hydrogen (secondary N) is 2. The van der Waals surface area contributed by atoms with Crippen molar-refractivity contribution >= 4 is 28.4 Å². The van der Waals surface area contributed by atoms with Crippen LogP contribution in [0.15, 0.2) is 76.1 Å². The Morgan fingerprint density at radius 1 is 1.07 bits per heavy atom. The molecular formula is C21H15N5O3. The first kappa shape index (κ1) is 18.0. The van der Waals surface area contributed by atoms with Crippen LogP contribution in [0.5, 0.6) is 0 Å². The van der Waals surface area contributed by atoms with E-state index in [-0.39, 0.29) is 12.4 Å². The predicted molar refractivity (Wildman–Crippen MR) is 108 cm³/mol. The number of hydrogen-bond acceptors (Lipinski definition) is 5. The van der Waals surface area contributed by atoms with Crippen LogP contribution in [0.3, 0.4) is 0 Å². The van der Waals surface area contributed by atoms with Crippen molar-refractivity contribution < 1.29 is 9.21 Å². The zero-order valence-electron chi connectivity index (χ0n) is 15.1. The smallest absolute Gasteiger partial charge is 0.350 e. The summed E-state index contributed by atoms with van der Waals surface area (Å²) in [6.07, 6.45) is 1.51. The molecule has 142 valence electrons. The molecule has 8 heteroatoms. The van der Waals surface area contributed by atoms with E-state index in [0.29, 0.717) is 27.9 Å². The molecule has 0 spiro atoms. The maximum atomic E-state index is 12.7. The normalized spacial score (nSPS) is 10.4. The van der Waals surface area contributed by atoms with Crippen molar-refractivity contribution in [2.45, 2.75) is 6.54 Å². The SMILES string of the molecule is N#Cc1ccccc1NC(=O)Nc1c2ccccc2nc(=O)n1Cc1ccco1. The van der Waals surface area contributed by atoms with Gasteiger partial charge in [-0.3, -0.25) is 9.88 Å². The van der Waals surface area contributed by atoms with Gasteiger partial charge in [-0.2, -0.15) is 10.2 Å². The van der Waals surface area contributed by atoms with Crippen LogP contribution in [0.2, 0.25) is 0 Å². The van der Waals surface area contributed by atoms with Crippen LogP contribution in [0.4, 0.5) is 16.3 Å². The number of urea groups is 1. The number of furan rings is 1. The minimum Gasteiger partial charge on any atom is -0.467 e. The van der Waals surface area contributed by atoms with Crippen molar-refractivity contribution in [3.63, 3.8) is 0 Å². The molecular weight excluding hydrogens is 370 g/mol. The summed E-state index contributed by atoms with van der Waals surface area (Å²) in [4.78, 5) is 29.4. The summed E-state index contributed by atoms with van der Waals surface area (Å²) >= 11 is 0. The molecule has 0 fully saturated rings. The highest BCUT2D eigenvalue weighted by atomic mass is 16.3. The fraction of sp³-hybridized carbons (Fsp3) is 0.0476. The monoisotopic (exact) mass is 385 g/mol. The quantitative estimate of drug-likeness (QED) is 0.558. The van der Waals surface area contributed by atoms with E-state index in [1.54, 1.807) is 60.7 Å². The molecule has 0 aliphatic rings. The van der Waals surface area contributed by atoms with Crippen LogP contribution in [-0.4, -0.2) is 15.6 Å². The number of carbonyl (C=O) groups is 1. The second-order valence-electron chi connectivity index (χ2n) is 6.16. The number of rotatable bonds is 4. The molecule has 29 heavy (non-hydrogen) atoms. The van der Waals surface area contributed by atoms with Crippen molar-refractivity contribution in [2.24, 2.45) is 0 Å². The minimum atomic E-state index is -0.586. The van der Waals surface area contributed by atoms with E-state index in [1.807, 2.05) is 6.07 Å². The highest BCUT2D eigenvalue weighted by molar-refractivity contribution is 6.04. The van der Waals surface area contributed by atoms with Gasteiger partial charge in [-0.15, -0.1) is 0 Å². The average Bonchev–Trinajstić information content (AvgIpc) is 3.24. The Morgan fingerprint density at radius 2 is 1.86 bits per heavy atom. The minimum absolute atomic E-state index is 0.105. The van der Waals surface area contributed by atoms with Crippen LogP contribution in [0, 0.1) is 11.3 Å². The van der Waals surface area contributed by atoms with E-state index >= 15 is 0 Å². The molecule has 0 atom stereocenters. The van der Waals surface area contributed by atoms with Crippen LogP contribution in [0.1, 0.15) is 11.3 Å². The highest BCUT2D eigenvalue weighted by Gasteiger charge is 2.16. The van der Waals surface area contributed by atoms with Gasteiger partial charge in [0.25, 0.3) is 0 Å². The number of aromatic nitrogens is 2. The number of nitriles is 1. The van der Waals surface area contributed by atoms with Gasteiger partial charge in [0, 0.05) is 5.39 Å². The van der Waals surface area contributed by atoms with Gasteiger partial charge in [0.1, 0.15) is 17.6 Å². The van der Waals surface area contributed by atoms with Crippen molar-refractivity contribution in [1.29, 1.82) is 5.26 Å². The third-order valence-electron chi connectivity index (χ3n) is 4.30. The molecule has 2 N–H and O–H groups in total. The molecule has 2 aromatic heterocycles. The van der Waals surface area contributed by atoms with Gasteiger partial charge in [0.15, 0.2) is 0 Å². The number of benzene rings is 2. The molecule has 2 amide bonds. The second kappa shape index (κ2) is 7.70. The van der Waals surface area contributed by atoms with Crippen LogP contribution in [0.25, 0.3) is 10.9 Å². The third kappa shape index (κ3) is 3.70. The molecule has 0 saturated carbocycles. The van der Waals surface area contributed by atoms with Crippen molar-refractivity contribution in [2.75, 3.05) is 10.6 Å². The molecule has 0 bridgehead atoms. The van der Waals surface area contributed by atoms with Crippen molar-refractivity contribution in [3.05, 3.63) is 88.7 Å². The number of fused-ring (bicyclic) bond motifs is 1. The molecule has 0 aliphatic heterocycles. The Labute approximate surface area is 165 Å². The van der Waals surface area contributed by atoms with E-state index < -0.39 is 11.7 Å². The molecule has 0 radical (unpaired) electrons. The van der Waals surface area contributed by atoms with Crippen molar-refractivity contribution in [1.82, 2.24) is 9.55 Å². The number of para-hydroxylation sites is 2. The summed E-state index contributed by atoms with van der Waals surface area (Å²) in [6.45, 7) is 0.105. The Hall–Kier alpha value is -4.38. The third-order valence-corrected chi connectivity index (χ3v) is 4.30. The Morgan fingerprint density at radius 3 is 2.66 bits per heavy atom. The molecule has 2 heterocycles. The molecule has 2 aromatic carbocycles. The summed E-state index contributed by atoms with van der Waals surface area (Å²) in [5, 5.41) is 15.2. The summed E-state index contributed by atoms with van der Waals surface area (Å²) in [6, 6.07) is 18.5. The zero-order chi connectivity index (χ0) is 20.2. The van der Waals surface area contributed by atoms with E-state index in [1.165, 1.54) is 10.8 Å². The molecule has 8 nitrogen and oxygen atoms in total. The maximum Gasteiger partial charge on any atom is 0.350 e. The number of amides is 2. The lowest BCUT2D eigenvalue weighted by atomic mass is 10.2. The topological polar surface area (TPSA) is 113 Å². The maximum absolute atomic E-state index is 12.7. The number of nitrogens with zero attached hydrogens (tertiary/aromatic N) is 3. The van der Waals surface area contributed by atoms with Gasteiger partial charge in [-0.25, -0.2) is 9.59 Å². The molecule has 0 unspecified atom stereocenters. The second-order valence-corrected chi connectivity index (χ2v) is 6.16. The number of hydrogen-bond donors (Lipinski definition) is 2. The highest BCUT2D eigenvalue weighted by Crippen LogP contribution is 2.22. The van der Waals surface area contributed by atoms with E-state index in [4.69, 9.17) is 4.42 Å². The van der Waals surface area contributed by atoms with E-state index in [2.05, 4.69) is 15.6 Å². The van der Waals surface area contributed by atoms with E-state index in [9.17, 15) is 14.9 Å². The first-order chi connectivity index (χ1) is 14.2. The van der Waals surface area contributed by atoms with Crippen LogP contribution < -0.4 is 16.3 Å². The lowest BCUT2D eigenvalue weighted by molar-refractivity contribution is 0.262. The Bertz CT molecular complexity index is 1290. The largest absolute Gasteiger partial charge is 0.467 e. The lowest BCUT2D eigenvalue weighted by Gasteiger charge is -2.15. The van der Waals surface area contributed by atoms with Gasteiger partial charge >= 0.3 is 11.7 Å². The summed E-state index contributed by atoms with van der Waals surface area (Å²) in [5.41, 5.74) is 0.634. The molecule has 4 aromatic rings. The van der Waals surface area contributed by atoms with Gasteiger partial charge in [0.2, 0.25) is 0 Å². The number of anilines is 2. The Balaban J connectivity index is 1.74. The first-order valence-electron chi connectivity index (χ1n) is 8.75. The average molecular weight is 385 g/mol. The van der Waals surface area contributed by atoms with Crippen LogP contribution >= 0.6 is 0 Å². The fourth-order valence-corrected chi connectivity index (χ4v) is 2.97. The van der Waals surface area contributed by atoms with E-state index in [0.717, 1.165) is 0 Å². The molecule has 4 rings (SSSR count). The predicted octanol–water partition coefficient (Wildman–Crippen LogP) is 3.55. The fourth-order valence-electron chi connectivity index (χ4n) is 2.97. The Kier molecular flexibility index (Phi) is 4.78. The van der Waals surface area contributed by atoms with Gasteiger partial charge in [0.05, 0.1) is 29.6 Å². The van der Waals surface area contributed by atoms with Gasteiger partial charge < -0.3 is 9.73 Å². The standard InChI is InChI=1S/C21H15N5O3/c22-12-14-6-1-3-9-17(14)23-20(27)25-19-16-8-2-4-10-18(16)24-21(28)26(19)13-15-7-5-11-29-15/h1-11H,13H2,(H2,23,25,27). The molecule has 0 saturated heterocycles. The summed E-state index contributed by atoms with van der Waals surface area (Å²) in [5.74, 6) is 0.825. The molecule has 0 aliphatic carbocycles. The van der Waals surface area contributed by atoms with Gasteiger partial charge in [-0.1, -0.05) is 24.3 Å².